The number of carbonyl (C=O) groups excluding carboxylic acids is 1. The summed E-state index contributed by atoms with van der Waals surface area (Å²) >= 11 is 0. The van der Waals surface area contributed by atoms with Gasteiger partial charge in [0.25, 0.3) is 0 Å². The van der Waals surface area contributed by atoms with Crippen LogP contribution in [0.4, 0.5) is 4.79 Å². The molecular weight excluding hydrogens is 374 g/mol. The van der Waals surface area contributed by atoms with Crippen LogP contribution in [0.15, 0.2) is 35.5 Å². The molecule has 0 spiro atoms. The average molecular weight is 406 g/mol. The van der Waals surface area contributed by atoms with Gasteiger partial charge in [-0.1, -0.05) is 25.1 Å². The van der Waals surface area contributed by atoms with Crippen molar-refractivity contribution in [2.45, 2.75) is 44.2 Å². The molecule has 1 aromatic heterocycles. The number of urea groups is 1. The highest BCUT2D eigenvalue weighted by Gasteiger charge is 2.32. The first-order chi connectivity index (χ1) is 14.6. The molecule has 3 aliphatic rings. The monoisotopic (exact) mass is 405 g/mol. The number of nitrogens with zero attached hydrogens (tertiary/aromatic N) is 4. The Kier molecular flexibility index (Phi) is 5.19. The van der Waals surface area contributed by atoms with E-state index in [2.05, 4.69) is 52.4 Å². The maximum absolute atomic E-state index is 13.1. The molecule has 0 saturated carbocycles. The van der Waals surface area contributed by atoms with Gasteiger partial charge in [-0.2, -0.15) is 0 Å². The van der Waals surface area contributed by atoms with Crippen LogP contribution in [0.5, 0.6) is 0 Å². The molecule has 2 fully saturated rings. The third kappa shape index (κ3) is 3.93. The second-order valence-corrected chi connectivity index (χ2v) is 9.36. The molecule has 6 heteroatoms. The van der Waals surface area contributed by atoms with Gasteiger partial charge in [-0.15, -0.1) is 0 Å². The van der Waals surface area contributed by atoms with E-state index in [9.17, 15) is 4.79 Å². The molecule has 3 aliphatic heterocycles. The van der Waals surface area contributed by atoms with Crippen LogP contribution in [0.25, 0.3) is 10.9 Å². The molecule has 30 heavy (non-hydrogen) atoms. The average Bonchev–Trinajstić information content (AvgIpc) is 3.59. The van der Waals surface area contributed by atoms with E-state index in [0.29, 0.717) is 17.9 Å². The van der Waals surface area contributed by atoms with Crippen molar-refractivity contribution in [3.8, 4) is 0 Å². The number of rotatable bonds is 3. The SMILES string of the molecule is C[C@@H]1C[C@H](c2ccc(C3C=N3)c3ncccc23)CN(C(=O)NC2CCN(C)CC2)C1. The largest absolute Gasteiger partial charge is 0.335 e. The highest BCUT2D eigenvalue weighted by Crippen LogP contribution is 2.37. The molecule has 4 heterocycles. The van der Waals surface area contributed by atoms with E-state index < -0.39 is 0 Å². The maximum atomic E-state index is 13.1. The predicted molar refractivity (Wildman–Crippen MR) is 120 cm³/mol. The van der Waals surface area contributed by atoms with Crippen molar-refractivity contribution in [2.75, 3.05) is 33.2 Å². The van der Waals surface area contributed by atoms with E-state index in [4.69, 9.17) is 0 Å². The van der Waals surface area contributed by atoms with Gasteiger partial charge in [-0.25, -0.2) is 4.79 Å². The molecule has 2 aromatic rings. The highest BCUT2D eigenvalue weighted by atomic mass is 16.2. The molecule has 5 rings (SSSR count). The summed E-state index contributed by atoms with van der Waals surface area (Å²) in [5, 5.41) is 4.51. The Morgan fingerprint density at radius 1 is 1.13 bits per heavy atom. The van der Waals surface area contributed by atoms with E-state index in [1.165, 1.54) is 16.5 Å². The molecule has 1 N–H and O–H groups in total. The van der Waals surface area contributed by atoms with Crippen LogP contribution in [0.1, 0.15) is 49.3 Å². The molecule has 2 amide bonds. The minimum Gasteiger partial charge on any atom is -0.335 e. The van der Waals surface area contributed by atoms with Gasteiger partial charge in [0.2, 0.25) is 0 Å². The normalized spacial score (nSPS) is 27.4. The third-order valence-corrected chi connectivity index (χ3v) is 6.88. The van der Waals surface area contributed by atoms with E-state index in [0.717, 1.165) is 51.0 Å². The summed E-state index contributed by atoms with van der Waals surface area (Å²) < 4.78 is 0. The van der Waals surface area contributed by atoms with E-state index in [1.54, 1.807) is 0 Å². The topological polar surface area (TPSA) is 60.8 Å². The lowest BCUT2D eigenvalue weighted by Gasteiger charge is -2.38. The minimum atomic E-state index is 0.103. The number of carbonyl (C=O) groups is 1. The highest BCUT2D eigenvalue weighted by molar-refractivity contribution is 5.92. The molecule has 0 aliphatic carbocycles. The number of likely N-dealkylation sites (tertiary alicyclic amines) is 2. The summed E-state index contributed by atoms with van der Waals surface area (Å²) in [6.07, 6.45) is 7.01. The van der Waals surface area contributed by atoms with Gasteiger partial charge in [0.05, 0.1) is 5.52 Å². The van der Waals surface area contributed by atoms with Crippen LogP contribution >= 0.6 is 0 Å². The van der Waals surface area contributed by atoms with Crippen molar-refractivity contribution in [2.24, 2.45) is 10.9 Å². The van der Waals surface area contributed by atoms with Crippen LogP contribution in [0, 0.1) is 5.92 Å². The molecule has 3 atom stereocenters. The van der Waals surface area contributed by atoms with E-state index in [-0.39, 0.29) is 12.1 Å². The van der Waals surface area contributed by atoms with Crippen LogP contribution in [-0.2, 0) is 0 Å². The molecule has 0 bridgehead atoms. The summed E-state index contributed by atoms with van der Waals surface area (Å²) in [7, 11) is 2.15. The zero-order valence-corrected chi connectivity index (χ0v) is 17.9. The number of fused-ring (bicyclic) bond motifs is 1. The van der Waals surface area contributed by atoms with Crippen molar-refractivity contribution in [3.05, 3.63) is 41.6 Å². The Labute approximate surface area is 178 Å². The quantitative estimate of drug-likeness (QED) is 0.849. The number of pyridine rings is 1. The van der Waals surface area contributed by atoms with Crippen molar-refractivity contribution >= 4 is 23.1 Å². The number of amides is 2. The summed E-state index contributed by atoms with van der Waals surface area (Å²) in [4.78, 5) is 26.4. The van der Waals surface area contributed by atoms with Crippen LogP contribution in [0.2, 0.25) is 0 Å². The number of nitrogens with one attached hydrogen (secondary N) is 1. The fourth-order valence-electron chi connectivity index (χ4n) is 5.18. The number of hydrogen-bond acceptors (Lipinski definition) is 4. The molecule has 0 radical (unpaired) electrons. The Morgan fingerprint density at radius 3 is 2.67 bits per heavy atom. The first-order valence-corrected chi connectivity index (χ1v) is 11.2. The molecular formula is C24H31N5O. The summed E-state index contributed by atoms with van der Waals surface area (Å²) in [5.74, 6) is 0.808. The summed E-state index contributed by atoms with van der Waals surface area (Å²) in [6, 6.07) is 9.21. The van der Waals surface area contributed by atoms with Crippen LogP contribution in [0.3, 0.4) is 0 Å². The standard InChI is InChI=1S/C24H31N5O/c1-16-12-17(15-29(14-16)24(30)27-18-7-10-28(2)11-8-18)19-5-6-21(22-13-26-22)23-20(19)4-3-9-25-23/h3-6,9,13,16-18,22H,7-8,10-12,14-15H2,1-2H3,(H,27,30)/t16-,17+,22?/m1/s1. The molecule has 1 aromatic carbocycles. The first kappa shape index (κ1) is 19.5. The van der Waals surface area contributed by atoms with Gasteiger partial charge in [-0.3, -0.25) is 9.98 Å². The van der Waals surface area contributed by atoms with Gasteiger partial charge < -0.3 is 15.1 Å². The zero-order chi connectivity index (χ0) is 20.7. The Hall–Kier alpha value is -2.47. The second-order valence-electron chi connectivity index (χ2n) is 9.36. The lowest BCUT2D eigenvalue weighted by Crippen LogP contribution is -2.52. The predicted octanol–water partition coefficient (Wildman–Crippen LogP) is 3.59. The number of benzene rings is 1. The van der Waals surface area contributed by atoms with Crippen LogP contribution < -0.4 is 5.32 Å². The summed E-state index contributed by atoms with van der Waals surface area (Å²) in [5.41, 5.74) is 3.55. The van der Waals surface area contributed by atoms with Gasteiger partial charge in [-0.05, 0) is 56.9 Å². The Morgan fingerprint density at radius 2 is 1.90 bits per heavy atom. The van der Waals surface area contributed by atoms with Gasteiger partial charge in [0.15, 0.2) is 0 Å². The van der Waals surface area contributed by atoms with Crippen molar-refractivity contribution < 1.29 is 4.79 Å². The lowest BCUT2D eigenvalue weighted by molar-refractivity contribution is 0.150. The number of piperidine rings is 2. The number of hydrogen-bond donors (Lipinski definition) is 1. The molecule has 6 nitrogen and oxygen atoms in total. The first-order valence-electron chi connectivity index (χ1n) is 11.2. The number of aliphatic imine (C=N–C) groups is 1. The van der Waals surface area contributed by atoms with Crippen molar-refractivity contribution in [3.63, 3.8) is 0 Å². The van der Waals surface area contributed by atoms with E-state index >= 15 is 0 Å². The van der Waals surface area contributed by atoms with Crippen molar-refractivity contribution in [1.82, 2.24) is 20.1 Å². The molecule has 1 unspecified atom stereocenters. The van der Waals surface area contributed by atoms with E-state index in [1.807, 2.05) is 23.4 Å². The van der Waals surface area contributed by atoms with Crippen molar-refractivity contribution in [1.29, 1.82) is 0 Å². The maximum Gasteiger partial charge on any atom is 0.317 e. The molecule has 2 saturated heterocycles. The smallest absolute Gasteiger partial charge is 0.317 e. The number of aromatic nitrogens is 1. The fourth-order valence-corrected chi connectivity index (χ4v) is 5.18. The Balaban J connectivity index is 1.35. The van der Waals surface area contributed by atoms with Crippen LogP contribution in [-0.4, -0.2) is 66.3 Å². The van der Waals surface area contributed by atoms with Gasteiger partial charge >= 0.3 is 6.03 Å². The fraction of sp³-hybridized carbons (Fsp3) is 0.542. The Bertz CT molecular complexity index is 959. The summed E-state index contributed by atoms with van der Waals surface area (Å²) in [6.45, 7) is 5.97. The third-order valence-electron chi connectivity index (χ3n) is 6.88. The molecule has 158 valence electrons. The lowest BCUT2D eigenvalue weighted by atomic mass is 9.83. The van der Waals surface area contributed by atoms with Gasteiger partial charge in [0.1, 0.15) is 6.04 Å². The van der Waals surface area contributed by atoms with Gasteiger partial charge in [0, 0.05) is 48.4 Å². The second kappa shape index (κ2) is 7.99. The minimum absolute atomic E-state index is 0.103. The zero-order valence-electron chi connectivity index (χ0n) is 17.9.